The molecule has 0 fully saturated rings. The van der Waals surface area contributed by atoms with Gasteiger partial charge in [0.2, 0.25) is 0 Å². The van der Waals surface area contributed by atoms with Crippen LogP contribution < -0.4 is 5.43 Å². The second-order valence-corrected chi connectivity index (χ2v) is 4.89. The molecule has 0 aliphatic carbocycles. The van der Waals surface area contributed by atoms with Crippen LogP contribution in [0, 0.1) is 0 Å². The fraction of sp³-hybridized carbons (Fsp3) is 0. The first kappa shape index (κ1) is 13.4. The molecule has 2 N–H and O–H groups in total. The highest BCUT2D eigenvalue weighted by molar-refractivity contribution is 6.31. The minimum absolute atomic E-state index is 0.189. The van der Waals surface area contributed by atoms with E-state index in [2.05, 4.69) is 15.5 Å². The Morgan fingerprint density at radius 2 is 2.00 bits per heavy atom. The van der Waals surface area contributed by atoms with Crippen LogP contribution in [-0.2, 0) is 0 Å². The number of phenolic OH excluding ortho intramolecular Hbond substituents is 1. The molecule has 0 saturated carbocycles. The number of fused-ring (bicyclic) bond motifs is 1. The quantitative estimate of drug-likeness (QED) is 0.566. The summed E-state index contributed by atoms with van der Waals surface area (Å²) in [6.45, 7) is 0. The van der Waals surface area contributed by atoms with Crippen molar-refractivity contribution in [2.24, 2.45) is 5.10 Å². The van der Waals surface area contributed by atoms with Gasteiger partial charge in [-0.3, -0.25) is 10.4 Å². The molecule has 0 spiro atoms. The maximum Gasteiger partial charge on any atom is 0.124 e. The molecule has 0 amide bonds. The molecule has 104 valence electrons. The van der Waals surface area contributed by atoms with Gasteiger partial charge in [-0.1, -0.05) is 23.7 Å². The zero-order valence-corrected chi connectivity index (χ0v) is 11.7. The Labute approximate surface area is 126 Å². The van der Waals surface area contributed by atoms with Crippen LogP contribution in [0.2, 0.25) is 5.02 Å². The van der Waals surface area contributed by atoms with Gasteiger partial charge in [0.25, 0.3) is 0 Å². The topological polar surface area (TPSA) is 57.5 Å². The van der Waals surface area contributed by atoms with Crippen molar-refractivity contribution in [1.29, 1.82) is 0 Å². The number of para-hydroxylation sites is 1. The Kier molecular flexibility index (Phi) is 3.71. The fourth-order valence-corrected chi connectivity index (χ4v) is 2.15. The SMILES string of the molecule is Oc1ccccc1C=NNc1ccnc2cc(Cl)ccc12. The van der Waals surface area contributed by atoms with Crippen molar-refractivity contribution in [3.8, 4) is 5.75 Å². The van der Waals surface area contributed by atoms with Crippen LogP contribution in [0.3, 0.4) is 0 Å². The van der Waals surface area contributed by atoms with Gasteiger partial charge in [-0.15, -0.1) is 0 Å². The Balaban J connectivity index is 1.87. The lowest BCUT2D eigenvalue weighted by atomic mass is 10.2. The molecule has 0 unspecified atom stereocenters. The first-order valence-electron chi connectivity index (χ1n) is 6.35. The van der Waals surface area contributed by atoms with E-state index in [-0.39, 0.29) is 5.75 Å². The molecule has 0 atom stereocenters. The summed E-state index contributed by atoms with van der Waals surface area (Å²) in [6, 6.07) is 14.3. The van der Waals surface area contributed by atoms with E-state index >= 15 is 0 Å². The van der Waals surface area contributed by atoms with Gasteiger partial charge in [0.1, 0.15) is 5.75 Å². The van der Waals surface area contributed by atoms with Gasteiger partial charge in [0, 0.05) is 22.2 Å². The summed E-state index contributed by atoms with van der Waals surface area (Å²) in [4.78, 5) is 4.27. The minimum Gasteiger partial charge on any atom is -0.507 e. The third kappa shape index (κ3) is 2.95. The van der Waals surface area contributed by atoms with E-state index in [4.69, 9.17) is 11.6 Å². The van der Waals surface area contributed by atoms with E-state index in [1.54, 1.807) is 36.7 Å². The number of halogens is 1. The number of aromatic nitrogens is 1. The monoisotopic (exact) mass is 297 g/mol. The highest BCUT2D eigenvalue weighted by Crippen LogP contribution is 2.24. The molecule has 0 aliphatic heterocycles. The summed E-state index contributed by atoms with van der Waals surface area (Å²) >= 11 is 5.96. The van der Waals surface area contributed by atoms with Gasteiger partial charge in [-0.05, 0) is 36.4 Å². The van der Waals surface area contributed by atoms with E-state index in [0.29, 0.717) is 10.6 Å². The second kappa shape index (κ2) is 5.81. The van der Waals surface area contributed by atoms with Gasteiger partial charge in [0.05, 0.1) is 17.4 Å². The molecule has 1 aromatic heterocycles. The molecule has 0 bridgehead atoms. The van der Waals surface area contributed by atoms with Crippen LogP contribution in [-0.4, -0.2) is 16.3 Å². The number of pyridine rings is 1. The smallest absolute Gasteiger partial charge is 0.124 e. The summed E-state index contributed by atoms with van der Waals surface area (Å²) < 4.78 is 0. The van der Waals surface area contributed by atoms with Gasteiger partial charge in [-0.2, -0.15) is 5.10 Å². The number of nitrogens with one attached hydrogen (secondary N) is 1. The summed E-state index contributed by atoms with van der Waals surface area (Å²) in [7, 11) is 0. The maximum atomic E-state index is 9.67. The van der Waals surface area contributed by atoms with Gasteiger partial charge in [-0.25, -0.2) is 0 Å². The van der Waals surface area contributed by atoms with Gasteiger partial charge >= 0.3 is 0 Å². The number of hydrogen-bond acceptors (Lipinski definition) is 4. The molecular weight excluding hydrogens is 286 g/mol. The first-order chi connectivity index (χ1) is 10.2. The van der Waals surface area contributed by atoms with Crippen LogP contribution in [0.25, 0.3) is 10.9 Å². The lowest BCUT2D eigenvalue weighted by Gasteiger charge is -2.05. The Morgan fingerprint density at radius 1 is 1.14 bits per heavy atom. The molecule has 4 nitrogen and oxygen atoms in total. The number of aromatic hydroxyl groups is 1. The Morgan fingerprint density at radius 3 is 2.86 bits per heavy atom. The average molecular weight is 298 g/mol. The lowest BCUT2D eigenvalue weighted by molar-refractivity contribution is 0.474. The van der Waals surface area contributed by atoms with Crippen LogP contribution in [0.4, 0.5) is 5.69 Å². The zero-order chi connectivity index (χ0) is 14.7. The third-order valence-corrected chi connectivity index (χ3v) is 3.27. The van der Waals surface area contributed by atoms with Crippen molar-refractivity contribution in [2.75, 3.05) is 5.43 Å². The van der Waals surface area contributed by atoms with E-state index in [0.717, 1.165) is 16.6 Å². The van der Waals surface area contributed by atoms with Gasteiger partial charge in [0.15, 0.2) is 0 Å². The standard InChI is InChI=1S/C16H12ClN3O/c17-12-5-6-13-14(7-8-18-15(13)9-12)20-19-10-11-3-1-2-4-16(11)21/h1-10,21H,(H,18,20). The van der Waals surface area contributed by atoms with E-state index in [1.807, 2.05) is 24.3 Å². The van der Waals surface area contributed by atoms with Crippen molar-refractivity contribution in [2.45, 2.75) is 0 Å². The van der Waals surface area contributed by atoms with Gasteiger partial charge < -0.3 is 5.11 Å². The lowest BCUT2D eigenvalue weighted by Crippen LogP contribution is -1.93. The Bertz CT molecular complexity index is 817. The Hall–Kier alpha value is -2.59. The largest absolute Gasteiger partial charge is 0.507 e. The number of hydrogen-bond donors (Lipinski definition) is 2. The highest BCUT2D eigenvalue weighted by atomic mass is 35.5. The molecule has 21 heavy (non-hydrogen) atoms. The number of rotatable bonds is 3. The summed E-state index contributed by atoms with van der Waals surface area (Å²) in [5, 5.41) is 15.4. The summed E-state index contributed by atoms with van der Waals surface area (Å²) in [5.74, 6) is 0.189. The van der Waals surface area contributed by atoms with E-state index in [9.17, 15) is 5.11 Å². The zero-order valence-electron chi connectivity index (χ0n) is 11.0. The van der Waals surface area contributed by atoms with E-state index in [1.165, 1.54) is 0 Å². The van der Waals surface area contributed by atoms with Crippen LogP contribution in [0.15, 0.2) is 59.8 Å². The molecule has 2 aromatic carbocycles. The average Bonchev–Trinajstić information content (AvgIpc) is 2.49. The molecule has 0 aliphatic rings. The van der Waals surface area contributed by atoms with Crippen LogP contribution in [0.1, 0.15) is 5.56 Å². The maximum absolute atomic E-state index is 9.67. The van der Waals surface area contributed by atoms with Crippen molar-refractivity contribution in [3.05, 3.63) is 65.3 Å². The highest BCUT2D eigenvalue weighted by Gasteiger charge is 2.01. The molecule has 3 aromatic rings. The fourth-order valence-electron chi connectivity index (χ4n) is 1.99. The van der Waals surface area contributed by atoms with Crippen molar-refractivity contribution in [1.82, 2.24) is 4.98 Å². The number of anilines is 1. The molecular formula is C16H12ClN3O. The molecule has 1 heterocycles. The third-order valence-electron chi connectivity index (χ3n) is 3.03. The van der Waals surface area contributed by atoms with Crippen molar-refractivity contribution >= 4 is 34.4 Å². The normalized spacial score (nSPS) is 11.1. The summed E-state index contributed by atoms with van der Waals surface area (Å²) in [5.41, 5.74) is 5.22. The number of hydrazone groups is 1. The number of phenols is 1. The first-order valence-corrected chi connectivity index (χ1v) is 6.73. The summed E-state index contributed by atoms with van der Waals surface area (Å²) in [6.07, 6.45) is 3.26. The van der Waals surface area contributed by atoms with E-state index < -0.39 is 0 Å². The molecule has 0 radical (unpaired) electrons. The van der Waals surface area contributed by atoms with Crippen LogP contribution in [0.5, 0.6) is 5.75 Å². The molecule has 5 heteroatoms. The van der Waals surface area contributed by atoms with Crippen molar-refractivity contribution in [3.63, 3.8) is 0 Å². The van der Waals surface area contributed by atoms with Crippen molar-refractivity contribution < 1.29 is 5.11 Å². The predicted molar refractivity (Wildman–Crippen MR) is 86.1 cm³/mol. The second-order valence-electron chi connectivity index (χ2n) is 4.45. The molecule has 3 rings (SSSR count). The number of nitrogens with zero attached hydrogens (tertiary/aromatic N) is 2. The van der Waals surface area contributed by atoms with Crippen LogP contribution >= 0.6 is 11.6 Å². The predicted octanol–water partition coefficient (Wildman–Crippen LogP) is 4.04. The minimum atomic E-state index is 0.189. The number of benzene rings is 2. The molecule has 0 saturated heterocycles.